The molecule has 0 aromatic heterocycles. The van der Waals surface area contributed by atoms with Crippen molar-refractivity contribution in [2.24, 2.45) is 5.73 Å². The molecule has 0 heterocycles. The van der Waals surface area contributed by atoms with Gasteiger partial charge in [0.1, 0.15) is 18.1 Å². The minimum absolute atomic E-state index is 0.0868. The van der Waals surface area contributed by atoms with E-state index in [1.54, 1.807) is 0 Å². The Labute approximate surface area is 96.0 Å². The lowest BCUT2D eigenvalue weighted by Crippen LogP contribution is -2.28. The first kappa shape index (κ1) is 12.8. The van der Waals surface area contributed by atoms with Gasteiger partial charge in [0.15, 0.2) is 0 Å². The zero-order chi connectivity index (χ0) is 11.8. The zero-order valence-corrected chi connectivity index (χ0v) is 9.56. The molecule has 90 valence electrons. The summed E-state index contributed by atoms with van der Waals surface area (Å²) in [4.78, 5) is 0. The van der Waals surface area contributed by atoms with Gasteiger partial charge >= 0.3 is 0 Å². The Morgan fingerprint density at radius 1 is 1.31 bits per heavy atom. The van der Waals surface area contributed by atoms with E-state index < -0.39 is 0 Å². The first-order valence-corrected chi connectivity index (χ1v) is 5.48. The summed E-state index contributed by atoms with van der Waals surface area (Å²) in [6, 6.07) is 7.30. The lowest BCUT2D eigenvalue weighted by Gasteiger charge is -2.12. The van der Waals surface area contributed by atoms with Crippen LogP contribution in [0.5, 0.6) is 11.5 Å². The van der Waals surface area contributed by atoms with Crippen molar-refractivity contribution in [3.8, 4) is 11.5 Å². The van der Waals surface area contributed by atoms with Crippen LogP contribution >= 0.6 is 0 Å². The topological polar surface area (TPSA) is 64.7 Å². The second kappa shape index (κ2) is 7.09. The largest absolute Gasteiger partial charge is 0.494 e. The Hall–Kier alpha value is -1.26. The number of nitrogens with two attached hydrogens (primary N) is 1. The van der Waals surface area contributed by atoms with E-state index in [2.05, 4.69) is 0 Å². The molecule has 1 atom stereocenters. The molecule has 0 saturated heterocycles. The maximum atomic E-state index is 8.69. The van der Waals surface area contributed by atoms with Crippen molar-refractivity contribution in [3.05, 3.63) is 24.3 Å². The van der Waals surface area contributed by atoms with Crippen LogP contribution in [-0.2, 0) is 0 Å². The van der Waals surface area contributed by atoms with Gasteiger partial charge in [0, 0.05) is 18.7 Å². The van der Waals surface area contributed by atoms with Crippen molar-refractivity contribution in [3.63, 3.8) is 0 Å². The van der Waals surface area contributed by atoms with E-state index in [9.17, 15) is 0 Å². The van der Waals surface area contributed by atoms with E-state index in [1.807, 2.05) is 31.2 Å². The predicted molar refractivity (Wildman–Crippen MR) is 62.8 cm³/mol. The highest BCUT2D eigenvalue weighted by Crippen LogP contribution is 2.19. The lowest BCUT2D eigenvalue weighted by molar-refractivity contribution is 0.232. The maximum absolute atomic E-state index is 8.69. The molecule has 4 heteroatoms. The van der Waals surface area contributed by atoms with Crippen LogP contribution in [-0.4, -0.2) is 31.0 Å². The average molecular weight is 225 g/mol. The smallest absolute Gasteiger partial charge is 0.123 e. The molecule has 1 rings (SSSR count). The number of hydrogen-bond acceptors (Lipinski definition) is 4. The Kier molecular flexibility index (Phi) is 5.67. The van der Waals surface area contributed by atoms with Crippen LogP contribution in [0.4, 0.5) is 0 Å². The van der Waals surface area contributed by atoms with Crippen LogP contribution in [0.15, 0.2) is 24.3 Å². The molecule has 3 N–H and O–H groups in total. The van der Waals surface area contributed by atoms with Crippen molar-refractivity contribution < 1.29 is 14.6 Å². The van der Waals surface area contributed by atoms with Crippen LogP contribution in [0.25, 0.3) is 0 Å². The van der Waals surface area contributed by atoms with Gasteiger partial charge in [-0.3, -0.25) is 0 Å². The third-order valence-electron chi connectivity index (χ3n) is 2.08. The SMILES string of the molecule is CCOc1cccc(OCC(N)CCO)c1. The first-order valence-electron chi connectivity index (χ1n) is 5.48. The van der Waals surface area contributed by atoms with Gasteiger partial charge < -0.3 is 20.3 Å². The van der Waals surface area contributed by atoms with Gasteiger partial charge in [-0.2, -0.15) is 0 Å². The number of hydrogen-bond donors (Lipinski definition) is 2. The second-order valence-electron chi connectivity index (χ2n) is 3.49. The molecular weight excluding hydrogens is 206 g/mol. The maximum Gasteiger partial charge on any atom is 0.123 e. The van der Waals surface area contributed by atoms with Gasteiger partial charge in [-0.1, -0.05) is 6.07 Å². The number of benzene rings is 1. The fourth-order valence-corrected chi connectivity index (χ4v) is 1.27. The number of aliphatic hydroxyl groups is 1. The molecule has 0 amide bonds. The van der Waals surface area contributed by atoms with Crippen molar-refractivity contribution in [2.75, 3.05) is 19.8 Å². The van der Waals surface area contributed by atoms with Gasteiger partial charge in [0.2, 0.25) is 0 Å². The van der Waals surface area contributed by atoms with E-state index in [4.69, 9.17) is 20.3 Å². The highest BCUT2D eigenvalue weighted by Gasteiger charge is 2.03. The van der Waals surface area contributed by atoms with Gasteiger partial charge in [0.25, 0.3) is 0 Å². The molecule has 0 aliphatic carbocycles. The van der Waals surface area contributed by atoms with Gasteiger partial charge in [-0.05, 0) is 25.5 Å². The molecule has 0 radical (unpaired) electrons. The Balaban J connectivity index is 2.44. The van der Waals surface area contributed by atoms with E-state index in [1.165, 1.54) is 0 Å². The minimum Gasteiger partial charge on any atom is -0.494 e. The third kappa shape index (κ3) is 4.51. The Bertz CT molecular complexity index is 304. The summed E-state index contributed by atoms with van der Waals surface area (Å²) in [5.74, 6) is 1.52. The molecule has 4 nitrogen and oxygen atoms in total. The van der Waals surface area contributed by atoms with Crippen molar-refractivity contribution in [2.45, 2.75) is 19.4 Å². The number of rotatable bonds is 7. The molecule has 16 heavy (non-hydrogen) atoms. The Morgan fingerprint density at radius 3 is 2.62 bits per heavy atom. The summed E-state index contributed by atoms with van der Waals surface area (Å²) in [6.45, 7) is 3.05. The van der Waals surface area contributed by atoms with E-state index in [-0.39, 0.29) is 12.6 Å². The third-order valence-corrected chi connectivity index (χ3v) is 2.08. The molecular formula is C12H19NO3. The zero-order valence-electron chi connectivity index (χ0n) is 9.56. The summed E-state index contributed by atoms with van der Waals surface area (Å²) in [5, 5.41) is 8.69. The molecule has 1 unspecified atom stereocenters. The van der Waals surface area contributed by atoms with Gasteiger partial charge in [0.05, 0.1) is 6.61 Å². The van der Waals surface area contributed by atoms with Crippen molar-refractivity contribution in [1.82, 2.24) is 0 Å². The number of ether oxygens (including phenoxy) is 2. The molecule has 0 saturated carbocycles. The molecule has 0 bridgehead atoms. The van der Waals surface area contributed by atoms with E-state index in [0.717, 1.165) is 11.5 Å². The standard InChI is InChI=1S/C12H19NO3/c1-2-15-11-4-3-5-12(8-11)16-9-10(13)6-7-14/h3-5,8,10,14H,2,6-7,9,13H2,1H3. The first-order chi connectivity index (χ1) is 7.76. The predicted octanol–water partition coefficient (Wildman–Crippen LogP) is 1.17. The van der Waals surface area contributed by atoms with Gasteiger partial charge in [-0.15, -0.1) is 0 Å². The summed E-state index contributed by atoms with van der Waals surface area (Å²) in [7, 11) is 0. The second-order valence-corrected chi connectivity index (χ2v) is 3.49. The molecule has 1 aromatic rings. The monoisotopic (exact) mass is 225 g/mol. The number of aliphatic hydroxyl groups excluding tert-OH is 1. The van der Waals surface area contributed by atoms with Crippen molar-refractivity contribution in [1.29, 1.82) is 0 Å². The van der Waals surface area contributed by atoms with Crippen molar-refractivity contribution >= 4 is 0 Å². The van der Waals surface area contributed by atoms with Crippen LogP contribution in [0.3, 0.4) is 0 Å². The summed E-state index contributed by atoms with van der Waals surface area (Å²) in [5.41, 5.74) is 5.71. The van der Waals surface area contributed by atoms with E-state index in [0.29, 0.717) is 19.6 Å². The summed E-state index contributed by atoms with van der Waals surface area (Å²) < 4.78 is 10.8. The molecule has 0 spiro atoms. The summed E-state index contributed by atoms with van der Waals surface area (Å²) >= 11 is 0. The molecule has 0 aliphatic heterocycles. The minimum atomic E-state index is -0.138. The van der Waals surface area contributed by atoms with Crippen LogP contribution < -0.4 is 15.2 Å². The normalized spacial score (nSPS) is 12.2. The molecule has 0 aliphatic rings. The Morgan fingerprint density at radius 2 is 2.00 bits per heavy atom. The van der Waals surface area contributed by atoms with Crippen LogP contribution in [0.2, 0.25) is 0 Å². The average Bonchev–Trinajstić information content (AvgIpc) is 2.28. The fraction of sp³-hybridized carbons (Fsp3) is 0.500. The van der Waals surface area contributed by atoms with Crippen LogP contribution in [0, 0.1) is 0 Å². The lowest BCUT2D eigenvalue weighted by atomic mass is 10.2. The fourth-order valence-electron chi connectivity index (χ4n) is 1.27. The van der Waals surface area contributed by atoms with Crippen LogP contribution in [0.1, 0.15) is 13.3 Å². The molecule has 0 fully saturated rings. The highest BCUT2D eigenvalue weighted by molar-refractivity contribution is 5.32. The summed E-state index contributed by atoms with van der Waals surface area (Å²) in [6.07, 6.45) is 0.547. The highest BCUT2D eigenvalue weighted by atomic mass is 16.5. The van der Waals surface area contributed by atoms with E-state index >= 15 is 0 Å². The molecule has 1 aromatic carbocycles. The van der Waals surface area contributed by atoms with Gasteiger partial charge in [-0.25, -0.2) is 0 Å². The quantitative estimate of drug-likeness (QED) is 0.731.